The van der Waals surface area contributed by atoms with Gasteiger partial charge in [0.25, 0.3) is 11.8 Å². The van der Waals surface area contributed by atoms with E-state index >= 15 is 0 Å². The number of azide groups is 1. The van der Waals surface area contributed by atoms with Crippen LogP contribution in [0.2, 0.25) is 0 Å². The number of fused-ring (bicyclic) bond motifs is 3. The van der Waals surface area contributed by atoms with E-state index in [0.29, 0.717) is 55.3 Å². The Morgan fingerprint density at radius 3 is 1.96 bits per heavy atom. The zero-order valence-electron chi connectivity index (χ0n) is 25.2. The molecule has 1 atom stereocenters. The fourth-order valence-corrected chi connectivity index (χ4v) is 5.25. The Morgan fingerprint density at radius 1 is 0.867 bits per heavy atom. The fourth-order valence-electron chi connectivity index (χ4n) is 5.25. The number of ketones is 2. The molecule has 0 bridgehead atoms. The van der Waals surface area contributed by atoms with Crippen molar-refractivity contribution in [2.75, 3.05) is 39.6 Å². The Bertz CT molecular complexity index is 1470. The molecule has 2 amide bonds. The number of hydrogen-bond donors (Lipinski definition) is 0. The van der Waals surface area contributed by atoms with Gasteiger partial charge in [-0.05, 0) is 59.2 Å². The van der Waals surface area contributed by atoms with Crippen LogP contribution >= 0.6 is 0 Å². The lowest BCUT2D eigenvalue weighted by Crippen LogP contribution is -2.32. The second kappa shape index (κ2) is 16.5. The minimum Gasteiger partial charge on any atom is -0.432 e. The van der Waals surface area contributed by atoms with E-state index in [1.54, 1.807) is 24.3 Å². The molecule has 2 aliphatic rings. The highest BCUT2D eigenvalue weighted by Crippen LogP contribution is 2.46. The van der Waals surface area contributed by atoms with Gasteiger partial charge < -0.3 is 14.2 Å². The molecule has 0 saturated carbocycles. The van der Waals surface area contributed by atoms with Crippen LogP contribution in [0, 0.1) is 0 Å². The number of hydroxylamine groups is 2. The van der Waals surface area contributed by atoms with Crippen LogP contribution in [0.25, 0.3) is 21.6 Å². The summed E-state index contributed by atoms with van der Waals surface area (Å²) >= 11 is 0. The number of ether oxygens (including phenoxy) is 3. The summed E-state index contributed by atoms with van der Waals surface area (Å²) in [5.41, 5.74) is 12.5. The van der Waals surface area contributed by atoms with Crippen molar-refractivity contribution >= 4 is 29.5 Å². The Morgan fingerprint density at radius 2 is 1.42 bits per heavy atom. The number of amides is 2. The fraction of sp³-hybridized carbons (Fsp3) is 0.469. The second-order valence-corrected chi connectivity index (χ2v) is 10.6. The van der Waals surface area contributed by atoms with Gasteiger partial charge in [0.15, 0.2) is 11.6 Å². The number of rotatable bonds is 18. The van der Waals surface area contributed by atoms with E-state index in [-0.39, 0.29) is 50.6 Å². The Hall–Kier alpha value is -4.58. The topological polar surface area (TPSA) is 174 Å². The van der Waals surface area contributed by atoms with Crippen molar-refractivity contribution in [3.63, 3.8) is 0 Å². The van der Waals surface area contributed by atoms with Crippen LogP contribution in [-0.4, -0.2) is 74.2 Å². The molecule has 13 heteroatoms. The maximum atomic E-state index is 13.0. The van der Waals surface area contributed by atoms with Crippen LogP contribution in [0.1, 0.15) is 89.6 Å². The van der Waals surface area contributed by atoms with Gasteiger partial charge in [-0.25, -0.2) is 4.79 Å². The number of carbonyl (C=O) groups is 5. The summed E-state index contributed by atoms with van der Waals surface area (Å²) in [4.78, 5) is 69.8. The first kappa shape index (κ1) is 33.3. The number of benzene rings is 2. The largest absolute Gasteiger partial charge is 0.533 e. The standard InChI is InChI=1S/C32H36N4O9/c1-2-14-42-15-3-5-28(37)21-7-9-23-24-10-8-22(29(38)6-4-16-43-17-13-34-35-33)19-26(24)27(25(23)18-21)20-44-32(41)45-36-30(39)11-12-31(36)40/h7-10,18-19,27H,2-6,11-17,20H2,1H3. The second-order valence-electron chi connectivity index (χ2n) is 10.6. The van der Waals surface area contributed by atoms with Crippen LogP contribution in [0.5, 0.6) is 0 Å². The summed E-state index contributed by atoms with van der Waals surface area (Å²) in [7, 11) is 0. The van der Waals surface area contributed by atoms with Gasteiger partial charge in [-0.3, -0.25) is 24.0 Å². The van der Waals surface area contributed by atoms with E-state index in [1.807, 2.05) is 19.1 Å². The normalized spacial score (nSPS) is 15.0. The van der Waals surface area contributed by atoms with Crippen LogP contribution in [0.4, 0.5) is 4.79 Å². The Balaban J connectivity index is 1.49. The number of carbonyl (C=O) groups excluding carboxylic acids is 5. The molecule has 1 heterocycles. The van der Waals surface area contributed by atoms with Crippen molar-refractivity contribution in [2.24, 2.45) is 5.11 Å². The van der Waals surface area contributed by atoms with Crippen molar-refractivity contribution in [3.8, 4) is 11.1 Å². The predicted octanol–water partition coefficient (Wildman–Crippen LogP) is 5.70. The first-order valence-electron chi connectivity index (χ1n) is 15.1. The minimum absolute atomic E-state index is 0.0449. The molecule has 0 spiro atoms. The van der Waals surface area contributed by atoms with Gasteiger partial charge in [0.05, 0.1) is 6.61 Å². The molecule has 1 aliphatic carbocycles. The van der Waals surface area contributed by atoms with Crippen molar-refractivity contribution < 1.29 is 43.0 Å². The van der Waals surface area contributed by atoms with E-state index in [4.69, 9.17) is 24.6 Å². The van der Waals surface area contributed by atoms with Crippen LogP contribution in [0.3, 0.4) is 0 Å². The molecule has 2 aromatic carbocycles. The van der Waals surface area contributed by atoms with Gasteiger partial charge in [-0.2, -0.15) is 0 Å². The molecule has 0 radical (unpaired) electrons. The van der Waals surface area contributed by atoms with Crippen molar-refractivity contribution in [1.29, 1.82) is 0 Å². The molecule has 13 nitrogen and oxygen atoms in total. The maximum absolute atomic E-state index is 13.0. The highest BCUT2D eigenvalue weighted by Gasteiger charge is 2.35. The molecule has 1 unspecified atom stereocenters. The monoisotopic (exact) mass is 620 g/mol. The Kier molecular flexibility index (Phi) is 12.2. The SMILES string of the molecule is CCCOCCCC(=O)c1ccc2c(c1)C(COC(=O)ON1C(=O)CCC1=O)c1cc(C(=O)CCCOCCN=[N+]=[N-])ccc1-2. The van der Waals surface area contributed by atoms with Crippen LogP contribution in [0.15, 0.2) is 41.5 Å². The van der Waals surface area contributed by atoms with Gasteiger partial charge in [-0.15, -0.1) is 0 Å². The summed E-state index contributed by atoms with van der Waals surface area (Å²) < 4.78 is 16.3. The highest BCUT2D eigenvalue weighted by atomic mass is 16.8. The molecule has 1 aliphatic heterocycles. The Labute approximate surface area is 260 Å². The smallest absolute Gasteiger partial charge is 0.432 e. The number of Topliss-reactive ketones (excluding diaryl/α,β-unsaturated/α-hetero) is 2. The van der Waals surface area contributed by atoms with Crippen molar-refractivity contribution in [1.82, 2.24) is 5.06 Å². The van der Waals surface area contributed by atoms with E-state index in [1.165, 1.54) is 0 Å². The third-order valence-corrected chi connectivity index (χ3v) is 7.46. The van der Waals surface area contributed by atoms with Gasteiger partial charge >= 0.3 is 6.16 Å². The third kappa shape index (κ3) is 8.75. The molecule has 0 N–H and O–H groups in total. The van der Waals surface area contributed by atoms with Crippen LogP contribution in [-0.2, 0) is 28.6 Å². The van der Waals surface area contributed by atoms with Gasteiger partial charge in [0.2, 0.25) is 0 Å². The van der Waals surface area contributed by atoms with E-state index in [2.05, 4.69) is 10.0 Å². The van der Waals surface area contributed by atoms with Gasteiger partial charge in [-0.1, -0.05) is 41.4 Å². The predicted molar refractivity (Wildman–Crippen MR) is 160 cm³/mol. The van der Waals surface area contributed by atoms with Crippen molar-refractivity contribution in [3.05, 3.63) is 69.1 Å². The molecule has 0 aromatic heterocycles. The summed E-state index contributed by atoms with van der Waals surface area (Å²) in [5.74, 6) is -1.93. The molecule has 1 saturated heterocycles. The average Bonchev–Trinajstić information content (AvgIpc) is 3.53. The number of nitrogens with zero attached hydrogens (tertiary/aromatic N) is 4. The summed E-state index contributed by atoms with van der Waals surface area (Å²) in [6.45, 7) is 3.78. The summed E-state index contributed by atoms with van der Waals surface area (Å²) in [6.07, 6.45) is 1.23. The van der Waals surface area contributed by atoms with E-state index in [9.17, 15) is 24.0 Å². The lowest BCUT2D eigenvalue weighted by atomic mass is 9.93. The summed E-state index contributed by atoms with van der Waals surface area (Å²) in [6, 6.07) is 10.7. The van der Waals surface area contributed by atoms with E-state index in [0.717, 1.165) is 28.7 Å². The molecule has 2 aromatic rings. The zero-order valence-corrected chi connectivity index (χ0v) is 25.2. The quantitative estimate of drug-likeness (QED) is 0.0385. The number of hydrogen-bond acceptors (Lipinski definition) is 10. The minimum atomic E-state index is -1.21. The first-order chi connectivity index (χ1) is 21.8. The van der Waals surface area contributed by atoms with Gasteiger partial charge in [0.1, 0.15) is 6.61 Å². The molecular weight excluding hydrogens is 584 g/mol. The third-order valence-electron chi connectivity index (χ3n) is 7.46. The lowest BCUT2D eigenvalue weighted by molar-refractivity contribution is -0.177. The van der Waals surface area contributed by atoms with E-state index < -0.39 is 23.9 Å². The molecule has 45 heavy (non-hydrogen) atoms. The highest BCUT2D eigenvalue weighted by molar-refractivity contribution is 6.01. The van der Waals surface area contributed by atoms with Gasteiger partial charge in [0, 0.05) is 74.0 Å². The first-order valence-corrected chi connectivity index (χ1v) is 15.1. The summed E-state index contributed by atoms with van der Waals surface area (Å²) in [5, 5.41) is 3.81. The zero-order chi connectivity index (χ0) is 32.2. The molecule has 4 rings (SSSR count). The molecule has 238 valence electrons. The maximum Gasteiger partial charge on any atom is 0.533 e. The van der Waals surface area contributed by atoms with Crippen LogP contribution < -0.4 is 0 Å². The van der Waals surface area contributed by atoms with Crippen molar-refractivity contribution in [2.45, 2.75) is 57.8 Å². The average molecular weight is 621 g/mol. The number of imide groups is 1. The molecular formula is C32H36N4O9. The molecule has 1 fully saturated rings. The lowest BCUT2D eigenvalue weighted by Gasteiger charge is -2.17.